The maximum absolute atomic E-state index is 13.0. The molecule has 1 saturated carbocycles. The summed E-state index contributed by atoms with van der Waals surface area (Å²) in [7, 11) is -3.20. The van der Waals surface area contributed by atoms with Gasteiger partial charge in [-0.3, -0.25) is 9.10 Å². The summed E-state index contributed by atoms with van der Waals surface area (Å²) in [6.45, 7) is 1.12. The summed E-state index contributed by atoms with van der Waals surface area (Å²) in [6.07, 6.45) is 2.74. The molecule has 1 aliphatic heterocycles. The van der Waals surface area contributed by atoms with Crippen LogP contribution in [0.4, 0.5) is 5.69 Å². The van der Waals surface area contributed by atoms with Gasteiger partial charge in [-0.15, -0.1) is 0 Å². The average Bonchev–Trinajstić information content (AvgIpc) is 3.43. The number of hydrogen-bond acceptors (Lipinski definition) is 3. The fourth-order valence-corrected chi connectivity index (χ4v) is 4.96. The molecule has 2 aromatic rings. The third-order valence-electron chi connectivity index (χ3n) is 4.95. The second-order valence-electron chi connectivity index (χ2n) is 6.94. The van der Waals surface area contributed by atoms with E-state index in [-0.39, 0.29) is 11.7 Å². The van der Waals surface area contributed by atoms with Crippen LogP contribution in [0.3, 0.4) is 0 Å². The number of carbonyl (C=O) groups is 1. The third kappa shape index (κ3) is 3.46. The Labute approximate surface area is 154 Å². The fourth-order valence-electron chi connectivity index (χ4n) is 3.40. The molecule has 1 amide bonds. The molecule has 2 aromatic carbocycles. The lowest BCUT2D eigenvalue weighted by atomic mass is 10.1. The number of amides is 1. The van der Waals surface area contributed by atoms with Crippen LogP contribution in [-0.2, 0) is 16.6 Å². The second-order valence-corrected chi connectivity index (χ2v) is 8.95. The molecular weight excluding hydrogens is 348 g/mol. The van der Waals surface area contributed by atoms with E-state index in [1.54, 1.807) is 24.3 Å². The van der Waals surface area contributed by atoms with Crippen LogP contribution in [-0.4, -0.2) is 37.6 Å². The van der Waals surface area contributed by atoms with Crippen molar-refractivity contribution in [1.82, 2.24) is 4.90 Å². The fraction of sp³-hybridized carbons (Fsp3) is 0.350. The topological polar surface area (TPSA) is 57.7 Å². The van der Waals surface area contributed by atoms with Gasteiger partial charge < -0.3 is 4.90 Å². The largest absolute Gasteiger partial charge is 0.331 e. The highest BCUT2D eigenvalue weighted by Gasteiger charge is 2.33. The molecule has 2 fully saturated rings. The Morgan fingerprint density at radius 3 is 2.31 bits per heavy atom. The summed E-state index contributed by atoms with van der Waals surface area (Å²) < 4.78 is 25.5. The van der Waals surface area contributed by atoms with E-state index in [1.165, 1.54) is 4.31 Å². The molecule has 0 unspecified atom stereocenters. The molecule has 5 nitrogen and oxygen atoms in total. The first-order valence-electron chi connectivity index (χ1n) is 9.00. The van der Waals surface area contributed by atoms with E-state index in [0.29, 0.717) is 36.8 Å². The van der Waals surface area contributed by atoms with Gasteiger partial charge in [-0.25, -0.2) is 8.42 Å². The Hall–Kier alpha value is -2.34. The highest BCUT2D eigenvalue weighted by Crippen LogP contribution is 2.30. The predicted molar refractivity (Wildman–Crippen MR) is 102 cm³/mol. The number of sulfonamides is 1. The Kier molecular flexibility index (Phi) is 4.44. The monoisotopic (exact) mass is 370 g/mol. The molecule has 1 aliphatic carbocycles. The maximum Gasteiger partial charge on any atom is 0.254 e. The van der Waals surface area contributed by atoms with Gasteiger partial charge in [-0.2, -0.15) is 0 Å². The third-order valence-corrected chi connectivity index (χ3v) is 6.82. The first kappa shape index (κ1) is 17.1. The summed E-state index contributed by atoms with van der Waals surface area (Å²) in [5.74, 6) is 0.201. The highest BCUT2D eigenvalue weighted by atomic mass is 32.2. The van der Waals surface area contributed by atoms with E-state index in [0.717, 1.165) is 18.4 Å². The molecule has 2 aliphatic rings. The molecule has 1 saturated heterocycles. The number of benzene rings is 2. The number of nitrogens with zero attached hydrogens (tertiary/aromatic N) is 2. The molecule has 0 radical (unpaired) electrons. The van der Waals surface area contributed by atoms with E-state index < -0.39 is 10.0 Å². The summed E-state index contributed by atoms with van der Waals surface area (Å²) in [6, 6.07) is 17.3. The van der Waals surface area contributed by atoms with Gasteiger partial charge in [0.15, 0.2) is 0 Å². The lowest BCUT2D eigenvalue weighted by Gasteiger charge is -2.23. The lowest BCUT2D eigenvalue weighted by molar-refractivity contribution is 0.0730. The molecule has 136 valence electrons. The van der Waals surface area contributed by atoms with Gasteiger partial charge >= 0.3 is 0 Å². The molecule has 1 heterocycles. The standard InChI is InChI=1S/C20H22N2O3S/c23-20(21(18-11-12-18)15-16-5-2-1-3-6-16)17-7-9-19(10-8-17)22-13-4-14-26(22,24)25/h1-3,5-10,18H,4,11-15H2. The zero-order valence-electron chi connectivity index (χ0n) is 14.5. The van der Waals surface area contributed by atoms with Crippen molar-refractivity contribution in [3.05, 3.63) is 65.7 Å². The van der Waals surface area contributed by atoms with Gasteiger partial charge in [-0.1, -0.05) is 30.3 Å². The van der Waals surface area contributed by atoms with Gasteiger partial charge in [-0.05, 0) is 49.1 Å². The Morgan fingerprint density at radius 2 is 1.73 bits per heavy atom. The Bertz CT molecular complexity index is 890. The van der Waals surface area contributed by atoms with Crippen LogP contribution in [0, 0.1) is 0 Å². The maximum atomic E-state index is 13.0. The second kappa shape index (κ2) is 6.76. The summed E-state index contributed by atoms with van der Waals surface area (Å²) in [4.78, 5) is 14.9. The van der Waals surface area contributed by atoms with E-state index in [2.05, 4.69) is 0 Å². The predicted octanol–water partition coefficient (Wildman–Crippen LogP) is 3.03. The van der Waals surface area contributed by atoms with E-state index >= 15 is 0 Å². The van der Waals surface area contributed by atoms with Crippen molar-refractivity contribution in [2.45, 2.75) is 31.8 Å². The van der Waals surface area contributed by atoms with Crippen LogP contribution < -0.4 is 4.31 Å². The SMILES string of the molecule is O=C(c1ccc(N2CCCS2(=O)=O)cc1)N(Cc1ccccc1)C1CC1. The molecule has 4 rings (SSSR count). The quantitative estimate of drug-likeness (QED) is 0.813. The van der Waals surface area contributed by atoms with E-state index in [1.807, 2.05) is 35.2 Å². The van der Waals surface area contributed by atoms with Crippen LogP contribution in [0.25, 0.3) is 0 Å². The molecule has 0 spiro atoms. The van der Waals surface area contributed by atoms with E-state index in [4.69, 9.17) is 0 Å². The van der Waals surface area contributed by atoms with Gasteiger partial charge in [0.2, 0.25) is 10.0 Å². The number of hydrogen-bond donors (Lipinski definition) is 0. The van der Waals surface area contributed by atoms with Crippen LogP contribution in [0.1, 0.15) is 35.2 Å². The Morgan fingerprint density at radius 1 is 1.04 bits per heavy atom. The van der Waals surface area contributed by atoms with Crippen molar-refractivity contribution in [2.75, 3.05) is 16.6 Å². The van der Waals surface area contributed by atoms with Crippen molar-refractivity contribution in [1.29, 1.82) is 0 Å². The summed E-state index contributed by atoms with van der Waals surface area (Å²) in [5, 5.41) is 0. The van der Waals surface area contributed by atoms with E-state index in [9.17, 15) is 13.2 Å². The van der Waals surface area contributed by atoms with Crippen LogP contribution >= 0.6 is 0 Å². The van der Waals surface area contributed by atoms with Gasteiger partial charge in [0.05, 0.1) is 11.4 Å². The zero-order valence-corrected chi connectivity index (χ0v) is 15.4. The van der Waals surface area contributed by atoms with Crippen molar-refractivity contribution >= 4 is 21.6 Å². The molecule has 0 aromatic heterocycles. The molecule has 0 atom stereocenters. The minimum absolute atomic E-state index is 0.00665. The van der Waals surface area contributed by atoms with Gasteiger partial charge in [0.25, 0.3) is 5.91 Å². The van der Waals surface area contributed by atoms with Crippen LogP contribution in [0.5, 0.6) is 0 Å². The first-order valence-corrected chi connectivity index (χ1v) is 10.6. The summed E-state index contributed by atoms with van der Waals surface area (Å²) >= 11 is 0. The molecule has 0 N–H and O–H groups in total. The first-order chi connectivity index (χ1) is 12.5. The van der Waals surface area contributed by atoms with Crippen molar-refractivity contribution in [2.24, 2.45) is 0 Å². The van der Waals surface area contributed by atoms with Gasteiger partial charge in [0, 0.05) is 24.7 Å². The smallest absolute Gasteiger partial charge is 0.254 e. The van der Waals surface area contributed by atoms with Crippen LogP contribution in [0.15, 0.2) is 54.6 Å². The van der Waals surface area contributed by atoms with Gasteiger partial charge in [0.1, 0.15) is 0 Å². The van der Waals surface area contributed by atoms with Crippen molar-refractivity contribution in [3.8, 4) is 0 Å². The zero-order chi connectivity index (χ0) is 18.1. The van der Waals surface area contributed by atoms with Crippen LogP contribution in [0.2, 0.25) is 0 Å². The molecule has 26 heavy (non-hydrogen) atoms. The minimum Gasteiger partial charge on any atom is -0.331 e. The van der Waals surface area contributed by atoms with Crippen molar-refractivity contribution in [3.63, 3.8) is 0 Å². The number of carbonyl (C=O) groups excluding carboxylic acids is 1. The summed E-state index contributed by atoms with van der Waals surface area (Å²) in [5.41, 5.74) is 2.36. The molecular formula is C20H22N2O3S. The highest BCUT2D eigenvalue weighted by molar-refractivity contribution is 7.93. The Balaban J connectivity index is 1.53. The number of anilines is 1. The van der Waals surface area contributed by atoms with Crippen molar-refractivity contribution < 1.29 is 13.2 Å². The molecule has 0 bridgehead atoms. The molecule has 6 heteroatoms. The lowest BCUT2D eigenvalue weighted by Crippen LogP contribution is -2.32. The average molecular weight is 370 g/mol. The number of rotatable bonds is 5. The minimum atomic E-state index is -3.20. The normalized spacial score (nSPS) is 18.7.